The van der Waals surface area contributed by atoms with Crippen LogP contribution in [0.4, 0.5) is 10.1 Å². The topological polar surface area (TPSA) is 83.0 Å². The molecule has 8 heteroatoms. The molecule has 6 rings (SSSR count). The number of amides is 1. The fourth-order valence-electron chi connectivity index (χ4n) is 5.11. The number of nitrogens with one attached hydrogen (secondary N) is 2. The maximum absolute atomic E-state index is 15.2. The van der Waals surface area contributed by atoms with E-state index in [4.69, 9.17) is 0 Å². The Hall–Kier alpha value is -3.42. The molecule has 2 aromatic carbocycles. The quantitative estimate of drug-likeness (QED) is 0.630. The summed E-state index contributed by atoms with van der Waals surface area (Å²) in [7, 11) is 0. The molecular weight excluding hydrogens is 421 g/mol. The van der Waals surface area contributed by atoms with E-state index in [1.807, 2.05) is 23.1 Å². The van der Waals surface area contributed by atoms with Gasteiger partial charge in [0.2, 0.25) is 5.91 Å². The number of carbonyl (C=O) groups excluding carboxylic acids is 1. The lowest BCUT2D eigenvalue weighted by Gasteiger charge is -2.16. The molecule has 3 heterocycles. The summed E-state index contributed by atoms with van der Waals surface area (Å²) in [5, 5.41) is 9.99. The second-order valence-electron chi connectivity index (χ2n) is 9.41. The molecule has 1 saturated carbocycles. The smallest absolute Gasteiger partial charge is 0.348 e. The lowest BCUT2D eigenvalue weighted by atomic mass is 10.0. The van der Waals surface area contributed by atoms with Crippen LogP contribution < -0.4 is 11.0 Å². The average Bonchev–Trinajstić information content (AvgIpc) is 3.21. The Morgan fingerprint density at radius 3 is 2.76 bits per heavy atom. The lowest BCUT2D eigenvalue weighted by molar-refractivity contribution is -0.131. The van der Waals surface area contributed by atoms with Crippen molar-refractivity contribution in [3.05, 3.63) is 64.1 Å². The van der Waals surface area contributed by atoms with Crippen molar-refractivity contribution in [2.24, 2.45) is 11.8 Å². The Labute approximate surface area is 190 Å². The summed E-state index contributed by atoms with van der Waals surface area (Å²) in [5.41, 5.74) is 3.83. The highest BCUT2D eigenvalue weighted by Gasteiger charge is 2.37. The molecule has 1 atom stereocenters. The maximum Gasteiger partial charge on any atom is 0.348 e. The van der Waals surface area contributed by atoms with Crippen LogP contribution in [0.2, 0.25) is 0 Å². The molecule has 1 aliphatic carbocycles. The van der Waals surface area contributed by atoms with Crippen LogP contribution >= 0.6 is 0 Å². The van der Waals surface area contributed by atoms with Crippen molar-refractivity contribution >= 4 is 11.6 Å². The van der Waals surface area contributed by atoms with Gasteiger partial charge >= 0.3 is 5.69 Å². The summed E-state index contributed by atoms with van der Waals surface area (Å²) in [6.45, 7) is 2.34. The van der Waals surface area contributed by atoms with Crippen molar-refractivity contribution in [1.29, 1.82) is 0 Å². The van der Waals surface area contributed by atoms with E-state index in [0.717, 1.165) is 55.6 Å². The number of likely N-dealkylation sites (tertiary alicyclic amines) is 1. The minimum Gasteiger partial charge on any atom is -0.384 e. The minimum absolute atomic E-state index is 0.194. The maximum atomic E-state index is 15.2. The Morgan fingerprint density at radius 2 is 1.94 bits per heavy atom. The number of aromatic nitrogens is 3. The Morgan fingerprint density at radius 1 is 1.12 bits per heavy atom. The third-order valence-corrected chi connectivity index (χ3v) is 7.07. The number of hydrogen-bond acceptors (Lipinski definition) is 4. The highest BCUT2D eigenvalue weighted by atomic mass is 19.1. The SMILES string of the molecule is O=C(C1CC1)N1CC[C@@H](Cc2n[nH]c(=O)n2-c2ccc(-c3ccc4c(c3)CCN4)cc2F)C1. The van der Waals surface area contributed by atoms with Gasteiger partial charge in [0.15, 0.2) is 0 Å². The molecule has 3 aliphatic rings. The monoisotopic (exact) mass is 447 g/mol. The van der Waals surface area contributed by atoms with E-state index in [9.17, 15) is 9.59 Å². The number of anilines is 1. The van der Waals surface area contributed by atoms with E-state index < -0.39 is 11.5 Å². The van der Waals surface area contributed by atoms with Crippen molar-refractivity contribution in [3.8, 4) is 16.8 Å². The molecule has 7 nitrogen and oxygen atoms in total. The van der Waals surface area contributed by atoms with Crippen molar-refractivity contribution in [3.63, 3.8) is 0 Å². The van der Waals surface area contributed by atoms with Crippen LogP contribution in [0.25, 0.3) is 16.8 Å². The molecule has 2 N–H and O–H groups in total. The largest absolute Gasteiger partial charge is 0.384 e. The standard InChI is InChI=1S/C25H26FN5O2/c26-20-13-18(17-3-5-21-19(12-17)7-9-27-21)4-6-22(20)31-23(28-29-25(31)33)11-15-8-10-30(14-15)24(32)16-1-2-16/h3-6,12-13,15-16,27H,1-2,7-11,14H2,(H,29,33)/t15-/m0/s1. The van der Waals surface area contributed by atoms with E-state index in [1.165, 1.54) is 16.2 Å². The summed E-state index contributed by atoms with van der Waals surface area (Å²) in [4.78, 5) is 26.8. The van der Waals surface area contributed by atoms with Gasteiger partial charge in [-0.3, -0.25) is 4.79 Å². The summed E-state index contributed by atoms with van der Waals surface area (Å²) in [6, 6.07) is 11.1. The minimum atomic E-state index is -0.465. The molecule has 2 aliphatic heterocycles. The zero-order valence-corrected chi connectivity index (χ0v) is 18.3. The van der Waals surface area contributed by atoms with Gasteiger partial charge in [0.05, 0.1) is 5.69 Å². The Balaban J connectivity index is 1.24. The van der Waals surface area contributed by atoms with Crippen LogP contribution in [0.5, 0.6) is 0 Å². The van der Waals surface area contributed by atoms with Crippen molar-refractivity contribution < 1.29 is 9.18 Å². The third kappa shape index (κ3) is 3.73. The first kappa shape index (κ1) is 20.2. The van der Waals surface area contributed by atoms with E-state index in [1.54, 1.807) is 6.07 Å². The second-order valence-corrected chi connectivity index (χ2v) is 9.41. The molecule has 1 aromatic heterocycles. The molecule has 0 bridgehead atoms. The van der Waals surface area contributed by atoms with Crippen molar-refractivity contribution in [1.82, 2.24) is 19.7 Å². The van der Waals surface area contributed by atoms with Crippen LogP contribution in [0.1, 0.15) is 30.7 Å². The highest BCUT2D eigenvalue weighted by Crippen LogP contribution is 2.34. The first-order chi connectivity index (χ1) is 16.1. The molecule has 0 unspecified atom stereocenters. The zero-order chi connectivity index (χ0) is 22.5. The lowest BCUT2D eigenvalue weighted by Crippen LogP contribution is -2.30. The molecular formula is C25H26FN5O2. The predicted molar refractivity (Wildman–Crippen MR) is 123 cm³/mol. The number of H-pyrrole nitrogens is 1. The van der Waals surface area contributed by atoms with E-state index in [0.29, 0.717) is 18.8 Å². The number of benzene rings is 2. The average molecular weight is 448 g/mol. The van der Waals surface area contributed by atoms with Crippen LogP contribution in [0.15, 0.2) is 41.2 Å². The van der Waals surface area contributed by atoms with E-state index in [2.05, 4.69) is 21.6 Å². The van der Waals surface area contributed by atoms with E-state index >= 15 is 4.39 Å². The van der Waals surface area contributed by atoms with E-state index in [-0.39, 0.29) is 23.4 Å². The Bertz CT molecular complexity index is 1290. The van der Waals surface area contributed by atoms with Gasteiger partial charge in [-0.1, -0.05) is 12.1 Å². The number of carbonyl (C=O) groups is 1. The van der Waals surface area contributed by atoms with Gasteiger partial charge in [-0.05, 0) is 72.6 Å². The molecule has 0 spiro atoms. The van der Waals surface area contributed by atoms with Crippen LogP contribution in [0.3, 0.4) is 0 Å². The van der Waals surface area contributed by atoms with Crippen LogP contribution in [-0.4, -0.2) is 45.2 Å². The zero-order valence-electron chi connectivity index (χ0n) is 18.3. The Kier molecular flexibility index (Phi) is 4.81. The molecule has 2 fully saturated rings. The predicted octanol–water partition coefficient (Wildman–Crippen LogP) is 3.14. The fraction of sp³-hybridized carbons (Fsp3) is 0.400. The summed E-state index contributed by atoms with van der Waals surface area (Å²) >= 11 is 0. The van der Waals surface area contributed by atoms with Crippen LogP contribution in [0, 0.1) is 17.7 Å². The van der Waals surface area contributed by atoms with Gasteiger partial charge in [0, 0.05) is 37.7 Å². The van der Waals surface area contributed by atoms with Crippen molar-refractivity contribution in [2.45, 2.75) is 32.1 Å². The van der Waals surface area contributed by atoms with Gasteiger partial charge in [-0.15, -0.1) is 0 Å². The number of hydrogen-bond donors (Lipinski definition) is 2. The number of rotatable bonds is 5. The number of nitrogens with zero attached hydrogens (tertiary/aromatic N) is 3. The summed E-state index contributed by atoms with van der Waals surface area (Å²) < 4.78 is 16.6. The van der Waals surface area contributed by atoms with Gasteiger partial charge < -0.3 is 10.2 Å². The first-order valence-electron chi connectivity index (χ1n) is 11.7. The van der Waals surface area contributed by atoms with Crippen molar-refractivity contribution in [2.75, 3.05) is 25.0 Å². The van der Waals surface area contributed by atoms with Gasteiger partial charge in [0.1, 0.15) is 11.6 Å². The molecule has 1 saturated heterocycles. The number of aromatic amines is 1. The van der Waals surface area contributed by atoms with Gasteiger partial charge in [-0.25, -0.2) is 18.9 Å². The second kappa shape index (κ2) is 7.86. The first-order valence-corrected chi connectivity index (χ1v) is 11.7. The van der Waals surface area contributed by atoms with Gasteiger partial charge in [-0.2, -0.15) is 5.10 Å². The number of halogens is 1. The van der Waals surface area contributed by atoms with Crippen LogP contribution in [-0.2, 0) is 17.6 Å². The van der Waals surface area contributed by atoms with Gasteiger partial charge in [0.25, 0.3) is 0 Å². The molecule has 0 radical (unpaired) electrons. The fourth-order valence-corrected chi connectivity index (χ4v) is 5.11. The highest BCUT2D eigenvalue weighted by molar-refractivity contribution is 5.81. The third-order valence-electron chi connectivity index (χ3n) is 7.07. The molecule has 1 amide bonds. The summed E-state index contributed by atoms with van der Waals surface area (Å²) in [5.74, 6) is 0.709. The molecule has 170 valence electrons. The molecule has 3 aromatic rings. The summed E-state index contributed by atoms with van der Waals surface area (Å²) in [6.07, 6.45) is 4.34. The number of fused-ring (bicyclic) bond motifs is 1. The normalized spacial score (nSPS) is 19.5. The molecule has 33 heavy (non-hydrogen) atoms.